The van der Waals surface area contributed by atoms with Gasteiger partial charge < -0.3 is 10.1 Å². The fourth-order valence-corrected chi connectivity index (χ4v) is 1.52. The Hall–Kier alpha value is -2.10. The van der Waals surface area contributed by atoms with E-state index < -0.39 is 12.0 Å². The molecule has 1 N–H and O–H groups in total. The van der Waals surface area contributed by atoms with Crippen molar-refractivity contribution in [2.24, 2.45) is 0 Å². The Morgan fingerprint density at radius 3 is 2.44 bits per heavy atom. The zero-order chi connectivity index (χ0) is 13.5. The summed E-state index contributed by atoms with van der Waals surface area (Å²) in [4.78, 5) is 23.4. The number of esters is 1. The lowest BCUT2D eigenvalue weighted by molar-refractivity contribution is -0.142. The summed E-state index contributed by atoms with van der Waals surface area (Å²) < 4.78 is 4.66. The summed E-state index contributed by atoms with van der Waals surface area (Å²) >= 11 is 0. The number of carbonyl (C=O) groups excluding carboxylic acids is 2. The van der Waals surface area contributed by atoms with E-state index in [2.05, 4.69) is 16.6 Å². The molecule has 1 amide bonds. The Labute approximate surface area is 107 Å². The number of rotatable bonds is 5. The molecule has 1 aromatic rings. The van der Waals surface area contributed by atoms with E-state index in [1.54, 1.807) is 31.2 Å². The molecule has 96 valence electrons. The maximum Gasteiger partial charge on any atom is 0.328 e. The zero-order valence-electron chi connectivity index (χ0n) is 10.6. The van der Waals surface area contributed by atoms with Gasteiger partial charge in [-0.05, 0) is 25.5 Å². The van der Waals surface area contributed by atoms with Crippen LogP contribution in [0, 0.1) is 0 Å². The molecule has 0 bridgehead atoms. The van der Waals surface area contributed by atoms with Crippen molar-refractivity contribution in [3.63, 3.8) is 0 Å². The molecule has 0 fully saturated rings. The van der Waals surface area contributed by atoms with Crippen LogP contribution in [0.5, 0.6) is 0 Å². The lowest BCUT2D eigenvalue weighted by atomic mass is 10.1. The molecule has 18 heavy (non-hydrogen) atoms. The quantitative estimate of drug-likeness (QED) is 0.639. The molecule has 0 unspecified atom stereocenters. The number of nitrogens with one attached hydrogen (secondary N) is 1. The molecule has 1 atom stereocenters. The largest absolute Gasteiger partial charge is 0.467 e. The minimum Gasteiger partial charge on any atom is -0.467 e. The Morgan fingerprint density at radius 1 is 1.33 bits per heavy atom. The van der Waals surface area contributed by atoms with Crippen molar-refractivity contribution in [2.75, 3.05) is 7.11 Å². The summed E-state index contributed by atoms with van der Waals surface area (Å²) in [6, 6.07) is 8.03. The Morgan fingerprint density at radius 2 is 1.94 bits per heavy atom. The van der Waals surface area contributed by atoms with Gasteiger partial charge in [-0.1, -0.05) is 23.8 Å². The van der Waals surface area contributed by atoms with Crippen LogP contribution in [-0.2, 0) is 9.53 Å². The van der Waals surface area contributed by atoms with E-state index >= 15 is 0 Å². The highest BCUT2D eigenvalue weighted by Crippen LogP contribution is 2.06. The van der Waals surface area contributed by atoms with E-state index in [4.69, 9.17) is 0 Å². The smallest absolute Gasteiger partial charge is 0.328 e. The Kier molecular flexibility index (Phi) is 5.11. The van der Waals surface area contributed by atoms with Crippen LogP contribution in [-0.4, -0.2) is 25.0 Å². The predicted octanol–water partition coefficient (Wildman–Crippen LogP) is 1.92. The topological polar surface area (TPSA) is 55.4 Å². The second kappa shape index (κ2) is 6.59. The first-order chi connectivity index (χ1) is 8.54. The third kappa shape index (κ3) is 4.05. The highest BCUT2D eigenvalue weighted by Gasteiger charge is 2.21. The van der Waals surface area contributed by atoms with Gasteiger partial charge in [0.05, 0.1) is 7.11 Å². The Bertz CT molecular complexity index is 440. The number of hydrogen-bond donors (Lipinski definition) is 1. The van der Waals surface area contributed by atoms with E-state index in [1.807, 2.05) is 6.07 Å². The second-order valence-corrected chi connectivity index (χ2v) is 4.08. The average molecular weight is 247 g/mol. The van der Waals surface area contributed by atoms with E-state index in [9.17, 15) is 9.59 Å². The van der Waals surface area contributed by atoms with Gasteiger partial charge in [-0.2, -0.15) is 0 Å². The van der Waals surface area contributed by atoms with Gasteiger partial charge in [0.2, 0.25) is 0 Å². The SMILES string of the molecule is C=C(C)C[C@@H](NC(=O)c1ccccc1)C(=O)OC. The lowest BCUT2D eigenvalue weighted by Crippen LogP contribution is -2.41. The van der Waals surface area contributed by atoms with Crippen molar-refractivity contribution in [2.45, 2.75) is 19.4 Å². The van der Waals surface area contributed by atoms with E-state index in [-0.39, 0.29) is 5.91 Å². The minimum absolute atomic E-state index is 0.299. The first kappa shape index (κ1) is 14.0. The molecule has 0 spiro atoms. The van der Waals surface area contributed by atoms with Crippen LogP contribution >= 0.6 is 0 Å². The number of methoxy groups -OCH3 is 1. The standard InChI is InChI=1S/C14H17NO3/c1-10(2)9-12(14(17)18-3)15-13(16)11-7-5-4-6-8-11/h4-8,12H,1,9H2,2-3H3,(H,15,16)/t12-/m1/s1. The van der Waals surface area contributed by atoms with Crippen LogP contribution in [0.15, 0.2) is 42.5 Å². The maximum absolute atomic E-state index is 11.9. The van der Waals surface area contributed by atoms with Gasteiger partial charge in [-0.25, -0.2) is 4.79 Å². The van der Waals surface area contributed by atoms with Gasteiger partial charge in [0.25, 0.3) is 5.91 Å². The number of benzene rings is 1. The van der Waals surface area contributed by atoms with Crippen molar-refractivity contribution in [3.8, 4) is 0 Å². The van der Waals surface area contributed by atoms with Gasteiger partial charge in [0, 0.05) is 5.56 Å². The van der Waals surface area contributed by atoms with Gasteiger partial charge in [0.15, 0.2) is 0 Å². The van der Waals surface area contributed by atoms with Gasteiger partial charge >= 0.3 is 5.97 Å². The number of hydrogen-bond acceptors (Lipinski definition) is 3. The highest BCUT2D eigenvalue weighted by molar-refractivity contribution is 5.96. The van der Waals surface area contributed by atoms with Crippen molar-refractivity contribution in [1.82, 2.24) is 5.32 Å². The summed E-state index contributed by atoms with van der Waals surface area (Å²) in [6.45, 7) is 5.53. The molecular weight excluding hydrogens is 230 g/mol. The molecule has 4 nitrogen and oxygen atoms in total. The van der Waals surface area contributed by atoms with Gasteiger partial charge in [0.1, 0.15) is 6.04 Å². The van der Waals surface area contributed by atoms with Crippen molar-refractivity contribution < 1.29 is 14.3 Å². The third-order valence-corrected chi connectivity index (χ3v) is 2.38. The molecule has 1 aromatic carbocycles. The molecule has 0 aliphatic heterocycles. The van der Waals surface area contributed by atoms with Gasteiger partial charge in [-0.15, -0.1) is 6.58 Å². The summed E-state index contributed by atoms with van der Waals surface area (Å²) in [5.74, 6) is -0.769. The first-order valence-electron chi connectivity index (χ1n) is 5.62. The Balaban J connectivity index is 2.74. The molecule has 0 heterocycles. The van der Waals surface area contributed by atoms with E-state index in [0.29, 0.717) is 12.0 Å². The van der Waals surface area contributed by atoms with Crippen LogP contribution in [0.2, 0.25) is 0 Å². The number of carbonyl (C=O) groups is 2. The highest BCUT2D eigenvalue weighted by atomic mass is 16.5. The normalized spacial score (nSPS) is 11.4. The average Bonchev–Trinajstić information content (AvgIpc) is 2.37. The summed E-state index contributed by atoms with van der Waals surface area (Å²) in [5, 5.41) is 2.64. The minimum atomic E-state index is -0.694. The summed E-state index contributed by atoms with van der Waals surface area (Å²) in [7, 11) is 1.29. The fourth-order valence-electron chi connectivity index (χ4n) is 1.52. The molecule has 0 aromatic heterocycles. The fraction of sp³-hybridized carbons (Fsp3) is 0.286. The molecule has 0 aliphatic rings. The summed E-state index contributed by atoms with van der Waals surface area (Å²) in [5.41, 5.74) is 1.31. The van der Waals surface area contributed by atoms with E-state index in [0.717, 1.165) is 5.57 Å². The number of ether oxygens (including phenoxy) is 1. The first-order valence-corrected chi connectivity index (χ1v) is 5.62. The monoisotopic (exact) mass is 247 g/mol. The molecule has 0 aliphatic carbocycles. The van der Waals surface area contributed by atoms with Crippen LogP contribution in [0.25, 0.3) is 0 Å². The van der Waals surface area contributed by atoms with Crippen molar-refractivity contribution in [3.05, 3.63) is 48.0 Å². The zero-order valence-corrected chi connectivity index (χ0v) is 10.6. The van der Waals surface area contributed by atoms with Gasteiger partial charge in [-0.3, -0.25) is 4.79 Å². The van der Waals surface area contributed by atoms with Crippen LogP contribution in [0.3, 0.4) is 0 Å². The number of amides is 1. The third-order valence-electron chi connectivity index (χ3n) is 2.38. The molecule has 0 saturated carbocycles. The van der Waals surface area contributed by atoms with Crippen molar-refractivity contribution in [1.29, 1.82) is 0 Å². The van der Waals surface area contributed by atoms with Crippen LogP contribution in [0.1, 0.15) is 23.7 Å². The molecule has 4 heteroatoms. The van der Waals surface area contributed by atoms with Crippen molar-refractivity contribution >= 4 is 11.9 Å². The van der Waals surface area contributed by atoms with Crippen LogP contribution < -0.4 is 5.32 Å². The molecule has 0 saturated heterocycles. The molecule has 0 radical (unpaired) electrons. The van der Waals surface area contributed by atoms with Crippen LogP contribution in [0.4, 0.5) is 0 Å². The maximum atomic E-state index is 11.9. The van der Waals surface area contributed by atoms with E-state index in [1.165, 1.54) is 7.11 Å². The molecular formula is C14H17NO3. The molecule has 1 rings (SSSR count). The predicted molar refractivity (Wildman–Crippen MR) is 69.1 cm³/mol. The lowest BCUT2D eigenvalue weighted by Gasteiger charge is -2.16. The second-order valence-electron chi connectivity index (χ2n) is 4.08. The summed E-state index contributed by atoms with van der Waals surface area (Å²) in [6.07, 6.45) is 0.366.